The molecule has 0 aliphatic heterocycles. The number of ether oxygens (including phenoxy) is 1. The van der Waals surface area contributed by atoms with Gasteiger partial charge in [0.05, 0.1) is 0 Å². The number of carbonyl (C=O) groups excluding carboxylic acids is 2. The van der Waals surface area contributed by atoms with E-state index in [2.05, 4.69) is 15.5 Å². The molecule has 0 bridgehead atoms. The number of nitrogens with one attached hydrogen (secondary N) is 1. The van der Waals surface area contributed by atoms with Crippen molar-refractivity contribution in [3.63, 3.8) is 0 Å². The first kappa shape index (κ1) is 16.2. The summed E-state index contributed by atoms with van der Waals surface area (Å²) in [7, 11) is 0. The van der Waals surface area contributed by atoms with Crippen LogP contribution in [0.2, 0.25) is 0 Å². The number of hydrogen-bond donors (Lipinski definition) is 2. The molecule has 1 aromatic carbocycles. The third-order valence-corrected chi connectivity index (χ3v) is 3.24. The van der Waals surface area contributed by atoms with Crippen molar-refractivity contribution in [2.24, 2.45) is 5.73 Å². The molecule has 0 radical (unpaired) electrons. The molecule has 0 aliphatic rings. The van der Waals surface area contributed by atoms with Crippen LogP contribution in [0.4, 0.5) is 5.88 Å². The van der Waals surface area contributed by atoms with Crippen LogP contribution < -0.4 is 15.8 Å². The highest BCUT2D eigenvalue weighted by molar-refractivity contribution is 6.06. The number of amides is 2. The third-order valence-electron chi connectivity index (χ3n) is 3.24. The zero-order valence-electron chi connectivity index (χ0n) is 13.0. The molecular weight excluding hydrogens is 324 g/mol. The minimum atomic E-state index is -0.778. The van der Waals surface area contributed by atoms with Gasteiger partial charge < -0.3 is 15.0 Å². The standard InChI is InChI=1S/C17H14N4O4/c18-16(23)14-15(11-5-4-8-19-9-11)21-25-17(14)20-13(22)10-24-12-6-2-1-3-7-12/h1-9H,10H2,(H2,18,23)(H,20,22). The minimum Gasteiger partial charge on any atom is -0.484 e. The van der Waals surface area contributed by atoms with Crippen LogP contribution in [0.3, 0.4) is 0 Å². The van der Waals surface area contributed by atoms with Gasteiger partial charge in [0.2, 0.25) is 5.88 Å². The van der Waals surface area contributed by atoms with Crippen LogP contribution in [0.5, 0.6) is 5.75 Å². The number of nitrogens with zero attached hydrogens (tertiary/aromatic N) is 2. The summed E-state index contributed by atoms with van der Waals surface area (Å²) in [6.07, 6.45) is 3.09. The normalized spacial score (nSPS) is 10.2. The van der Waals surface area contributed by atoms with E-state index in [1.165, 1.54) is 6.20 Å². The molecule has 0 saturated heterocycles. The van der Waals surface area contributed by atoms with Crippen LogP contribution in [0, 0.1) is 0 Å². The molecule has 2 heterocycles. The molecule has 3 N–H and O–H groups in total. The number of aromatic nitrogens is 2. The highest BCUT2D eigenvalue weighted by Crippen LogP contribution is 2.27. The maximum Gasteiger partial charge on any atom is 0.264 e. The van der Waals surface area contributed by atoms with Gasteiger partial charge in [-0.1, -0.05) is 23.4 Å². The zero-order valence-corrected chi connectivity index (χ0v) is 13.0. The number of carbonyl (C=O) groups is 2. The van der Waals surface area contributed by atoms with E-state index in [9.17, 15) is 9.59 Å². The summed E-state index contributed by atoms with van der Waals surface area (Å²) in [4.78, 5) is 27.7. The van der Waals surface area contributed by atoms with E-state index in [1.807, 2.05) is 6.07 Å². The van der Waals surface area contributed by atoms with Crippen LogP contribution >= 0.6 is 0 Å². The van der Waals surface area contributed by atoms with Crippen LogP contribution in [-0.4, -0.2) is 28.6 Å². The summed E-state index contributed by atoms with van der Waals surface area (Å²) in [6.45, 7) is -0.259. The molecule has 0 unspecified atom stereocenters. The number of anilines is 1. The van der Waals surface area contributed by atoms with Gasteiger partial charge in [0, 0.05) is 18.0 Å². The largest absolute Gasteiger partial charge is 0.484 e. The van der Waals surface area contributed by atoms with Crippen molar-refractivity contribution in [3.05, 3.63) is 60.4 Å². The van der Waals surface area contributed by atoms with Gasteiger partial charge >= 0.3 is 0 Å². The van der Waals surface area contributed by atoms with Crippen LogP contribution in [0.15, 0.2) is 59.4 Å². The van der Waals surface area contributed by atoms with Crippen molar-refractivity contribution in [1.82, 2.24) is 10.1 Å². The second-order valence-corrected chi connectivity index (χ2v) is 4.99. The molecule has 0 spiro atoms. The van der Waals surface area contributed by atoms with Gasteiger partial charge in [-0.05, 0) is 24.3 Å². The molecule has 0 atom stereocenters. The Morgan fingerprint density at radius 3 is 2.64 bits per heavy atom. The van der Waals surface area contributed by atoms with Crippen LogP contribution in [-0.2, 0) is 4.79 Å². The molecule has 3 aromatic rings. The molecule has 0 fully saturated rings. The van der Waals surface area contributed by atoms with E-state index < -0.39 is 11.8 Å². The lowest BCUT2D eigenvalue weighted by Gasteiger charge is -2.06. The molecule has 0 saturated carbocycles. The Morgan fingerprint density at radius 1 is 1.16 bits per heavy atom. The Balaban J connectivity index is 1.75. The number of nitrogens with two attached hydrogens (primary N) is 1. The fourth-order valence-electron chi connectivity index (χ4n) is 2.13. The summed E-state index contributed by atoms with van der Waals surface area (Å²) >= 11 is 0. The van der Waals surface area contributed by atoms with Crippen molar-refractivity contribution in [2.75, 3.05) is 11.9 Å². The summed E-state index contributed by atoms with van der Waals surface area (Å²) in [5, 5.41) is 6.25. The molecule has 2 aromatic heterocycles. The highest BCUT2D eigenvalue weighted by Gasteiger charge is 2.23. The molecule has 25 heavy (non-hydrogen) atoms. The topological polar surface area (TPSA) is 120 Å². The summed E-state index contributed by atoms with van der Waals surface area (Å²) < 4.78 is 10.4. The van der Waals surface area contributed by atoms with Gasteiger partial charge in [-0.2, -0.15) is 0 Å². The fraction of sp³-hybridized carbons (Fsp3) is 0.0588. The Hall–Kier alpha value is -3.68. The molecule has 126 valence electrons. The lowest BCUT2D eigenvalue weighted by atomic mass is 10.1. The number of para-hydroxylation sites is 1. The number of benzene rings is 1. The number of primary amides is 1. The molecule has 0 aliphatic carbocycles. The fourth-order valence-corrected chi connectivity index (χ4v) is 2.13. The first-order valence-corrected chi connectivity index (χ1v) is 7.32. The van der Waals surface area contributed by atoms with Crippen LogP contribution in [0.25, 0.3) is 11.3 Å². The van der Waals surface area contributed by atoms with Crippen molar-refractivity contribution in [1.29, 1.82) is 0 Å². The summed E-state index contributed by atoms with van der Waals surface area (Å²) in [6, 6.07) is 12.2. The average molecular weight is 338 g/mol. The number of hydrogen-bond acceptors (Lipinski definition) is 6. The molecule has 8 nitrogen and oxygen atoms in total. The SMILES string of the molecule is NC(=O)c1c(-c2cccnc2)noc1NC(=O)COc1ccccc1. The van der Waals surface area contributed by atoms with E-state index in [4.69, 9.17) is 15.0 Å². The van der Waals surface area contributed by atoms with Gasteiger partial charge in [-0.25, -0.2) is 0 Å². The lowest BCUT2D eigenvalue weighted by molar-refractivity contribution is -0.118. The third kappa shape index (κ3) is 3.81. The summed E-state index contributed by atoms with van der Waals surface area (Å²) in [5.41, 5.74) is 6.12. The van der Waals surface area contributed by atoms with Crippen molar-refractivity contribution < 1.29 is 18.8 Å². The Bertz CT molecular complexity index is 878. The quantitative estimate of drug-likeness (QED) is 0.707. The molecular formula is C17H14N4O4. The minimum absolute atomic E-state index is 0.0268. The molecule has 8 heteroatoms. The van der Waals surface area contributed by atoms with Gasteiger partial charge in [0.25, 0.3) is 11.8 Å². The Kier molecular flexibility index (Phi) is 4.70. The first-order valence-electron chi connectivity index (χ1n) is 7.32. The van der Waals surface area contributed by atoms with E-state index >= 15 is 0 Å². The van der Waals surface area contributed by atoms with Gasteiger partial charge in [-0.3, -0.25) is 19.9 Å². The second-order valence-electron chi connectivity index (χ2n) is 4.99. The van der Waals surface area contributed by atoms with Crippen molar-refractivity contribution >= 4 is 17.7 Å². The van der Waals surface area contributed by atoms with E-state index in [0.717, 1.165) is 0 Å². The molecule has 3 rings (SSSR count). The maximum atomic E-state index is 12.0. The maximum absolute atomic E-state index is 12.0. The predicted octanol–water partition coefficient (Wildman–Crippen LogP) is 1.85. The first-order chi connectivity index (χ1) is 12.1. The van der Waals surface area contributed by atoms with E-state index in [-0.39, 0.29) is 23.7 Å². The highest BCUT2D eigenvalue weighted by atomic mass is 16.5. The van der Waals surface area contributed by atoms with Crippen molar-refractivity contribution in [3.8, 4) is 17.0 Å². The number of pyridine rings is 1. The smallest absolute Gasteiger partial charge is 0.264 e. The second kappa shape index (κ2) is 7.26. The Morgan fingerprint density at radius 2 is 1.96 bits per heavy atom. The van der Waals surface area contributed by atoms with E-state index in [0.29, 0.717) is 11.3 Å². The van der Waals surface area contributed by atoms with E-state index in [1.54, 1.807) is 42.6 Å². The molecule has 2 amide bonds. The number of rotatable bonds is 6. The summed E-state index contributed by atoms with van der Waals surface area (Å²) in [5.74, 6) is -0.881. The van der Waals surface area contributed by atoms with Crippen molar-refractivity contribution in [2.45, 2.75) is 0 Å². The van der Waals surface area contributed by atoms with Gasteiger partial charge in [0.1, 0.15) is 17.0 Å². The zero-order chi connectivity index (χ0) is 17.6. The lowest BCUT2D eigenvalue weighted by Crippen LogP contribution is -2.22. The average Bonchev–Trinajstić information content (AvgIpc) is 3.05. The van der Waals surface area contributed by atoms with Gasteiger partial charge in [0.15, 0.2) is 6.61 Å². The van der Waals surface area contributed by atoms with Crippen LogP contribution in [0.1, 0.15) is 10.4 Å². The predicted molar refractivity (Wildman–Crippen MR) is 88.8 cm³/mol. The monoisotopic (exact) mass is 338 g/mol. The van der Waals surface area contributed by atoms with Gasteiger partial charge in [-0.15, -0.1) is 0 Å². The Labute approximate surface area is 142 Å².